The molecule has 0 atom stereocenters. The Morgan fingerprint density at radius 1 is 1.46 bits per heavy atom. The number of allylic oxidation sites excluding steroid dienone is 3. The molecule has 0 aromatic rings. The Labute approximate surface area is 78.3 Å². The van der Waals surface area contributed by atoms with E-state index >= 15 is 0 Å². The highest BCUT2D eigenvalue weighted by molar-refractivity contribution is 5.73. The van der Waals surface area contributed by atoms with Crippen LogP contribution in [0.25, 0.3) is 0 Å². The van der Waals surface area contributed by atoms with Crippen LogP contribution in [0.5, 0.6) is 0 Å². The van der Waals surface area contributed by atoms with Crippen LogP contribution >= 0.6 is 0 Å². The number of rotatable bonds is 2. The van der Waals surface area contributed by atoms with Gasteiger partial charge in [0.1, 0.15) is 0 Å². The van der Waals surface area contributed by atoms with Gasteiger partial charge in [0.05, 0.1) is 0 Å². The Bertz CT molecular complexity index is 328. The molecule has 0 saturated heterocycles. The van der Waals surface area contributed by atoms with Crippen molar-refractivity contribution in [3.05, 3.63) is 41.2 Å². The highest BCUT2D eigenvalue weighted by atomic mass is 16.1. The summed E-state index contributed by atoms with van der Waals surface area (Å²) < 4.78 is 0. The minimum atomic E-state index is -0.0109. The molecule has 1 rings (SSSR count). The van der Waals surface area contributed by atoms with Gasteiger partial charge in [0.15, 0.2) is 0 Å². The number of carbonyl (C=O) groups excluding carboxylic acids is 1. The standard InChI is InChI=1S/C11H13NO/c1-9-4-3-5-11(7-6-9)8-12-10(2)13/h4-7H,8H2,1-2H3,(H,12,13). The Hall–Kier alpha value is -1.53. The summed E-state index contributed by atoms with van der Waals surface area (Å²) in [6, 6.07) is 0. The third-order valence-electron chi connectivity index (χ3n) is 1.68. The third-order valence-corrected chi connectivity index (χ3v) is 1.68. The Balaban J connectivity index is 2.62. The maximum Gasteiger partial charge on any atom is 0.217 e. The zero-order valence-corrected chi connectivity index (χ0v) is 7.92. The summed E-state index contributed by atoms with van der Waals surface area (Å²) >= 11 is 0. The van der Waals surface area contributed by atoms with Crippen molar-refractivity contribution in [1.29, 1.82) is 0 Å². The molecule has 0 fully saturated rings. The van der Waals surface area contributed by atoms with Crippen molar-refractivity contribution in [1.82, 2.24) is 5.32 Å². The molecule has 68 valence electrons. The minimum Gasteiger partial charge on any atom is -0.352 e. The molecule has 0 bridgehead atoms. The van der Waals surface area contributed by atoms with E-state index in [0.29, 0.717) is 6.54 Å². The van der Waals surface area contributed by atoms with Crippen molar-refractivity contribution in [2.75, 3.05) is 6.54 Å². The molecule has 2 heteroatoms. The van der Waals surface area contributed by atoms with Gasteiger partial charge in [-0.2, -0.15) is 0 Å². The van der Waals surface area contributed by atoms with Crippen LogP contribution in [0.4, 0.5) is 0 Å². The van der Waals surface area contributed by atoms with Crippen molar-refractivity contribution < 1.29 is 4.79 Å². The van der Waals surface area contributed by atoms with Crippen molar-refractivity contribution in [2.24, 2.45) is 0 Å². The van der Waals surface area contributed by atoms with E-state index in [1.165, 1.54) is 6.92 Å². The van der Waals surface area contributed by atoms with Crippen LogP contribution in [0.1, 0.15) is 13.8 Å². The fourth-order valence-corrected chi connectivity index (χ4v) is 0.951. The van der Waals surface area contributed by atoms with Crippen LogP contribution in [-0.4, -0.2) is 12.5 Å². The molecule has 0 spiro atoms. The lowest BCUT2D eigenvalue weighted by Gasteiger charge is -2.00. The van der Waals surface area contributed by atoms with Gasteiger partial charge in [0.2, 0.25) is 5.91 Å². The highest BCUT2D eigenvalue weighted by Crippen LogP contribution is 2.03. The first-order valence-corrected chi connectivity index (χ1v) is 4.23. The summed E-state index contributed by atoms with van der Waals surface area (Å²) in [5.41, 5.74) is 5.25. The highest BCUT2D eigenvalue weighted by Gasteiger charge is 1.94. The number of hydrogen-bond acceptors (Lipinski definition) is 1. The molecule has 1 aliphatic carbocycles. The average Bonchev–Trinajstić information content (AvgIpc) is 2.27. The van der Waals surface area contributed by atoms with E-state index < -0.39 is 0 Å². The lowest BCUT2D eigenvalue weighted by atomic mass is 10.2. The first-order chi connectivity index (χ1) is 6.18. The lowest BCUT2D eigenvalue weighted by molar-refractivity contribution is -0.118. The number of hydrogen-bond donors (Lipinski definition) is 1. The van der Waals surface area contributed by atoms with Gasteiger partial charge in [-0.15, -0.1) is 5.73 Å². The van der Waals surface area contributed by atoms with E-state index in [9.17, 15) is 4.79 Å². The second-order valence-electron chi connectivity index (χ2n) is 3.02. The van der Waals surface area contributed by atoms with E-state index in [1.54, 1.807) is 0 Å². The van der Waals surface area contributed by atoms with Crippen molar-refractivity contribution in [3.63, 3.8) is 0 Å². The minimum absolute atomic E-state index is 0.0109. The zero-order valence-electron chi connectivity index (χ0n) is 7.92. The Morgan fingerprint density at radius 2 is 2.23 bits per heavy atom. The normalized spacial score (nSPS) is 14.6. The number of carbonyl (C=O) groups is 1. The molecule has 1 aliphatic rings. The van der Waals surface area contributed by atoms with E-state index in [0.717, 1.165) is 11.1 Å². The maximum atomic E-state index is 10.6. The smallest absolute Gasteiger partial charge is 0.217 e. The zero-order chi connectivity index (χ0) is 9.68. The van der Waals surface area contributed by atoms with Gasteiger partial charge in [-0.25, -0.2) is 0 Å². The fourth-order valence-electron chi connectivity index (χ4n) is 0.951. The first-order valence-electron chi connectivity index (χ1n) is 4.23. The van der Waals surface area contributed by atoms with Crippen LogP contribution in [0.3, 0.4) is 0 Å². The average molecular weight is 175 g/mol. The molecule has 13 heavy (non-hydrogen) atoms. The van der Waals surface area contributed by atoms with Gasteiger partial charge in [-0.1, -0.05) is 12.2 Å². The largest absolute Gasteiger partial charge is 0.352 e. The fraction of sp³-hybridized carbons (Fsp3) is 0.273. The number of nitrogens with one attached hydrogen (secondary N) is 1. The lowest BCUT2D eigenvalue weighted by Crippen LogP contribution is -2.21. The topological polar surface area (TPSA) is 29.1 Å². The van der Waals surface area contributed by atoms with Crippen molar-refractivity contribution >= 4 is 5.91 Å². The van der Waals surface area contributed by atoms with Crippen molar-refractivity contribution in [3.8, 4) is 0 Å². The van der Waals surface area contributed by atoms with Gasteiger partial charge < -0.3 is 5.32 Å². The molecule has 0 unspecified atom stereocenters. The van der Waals surface area contributed by atoms with E-state index in [1.807, 2.05) is 31.2 Å². The SMILES string of the molecule is CC(=O)NCC1=CC=C(C)C=C=C1. The summed E-state index contributed by atoms with van der Waals surface area (Å²) in [6.07, 6.45) is 7.79. The van der Waals surface area contributed by atoms with Crippen LogP contribution in [0.15, 0.2) is 41.2 Å². The molecular formula is C11H13NO. The van der Waals surface area contributed by atoms with Gasteiger partial charge in [0, 0.05) is 13.5 Å². The summed E-state index contributed by atoms with van der Waals surface area (Å²) in [4.78, 5) is 10.6. The molecule has 1 N–H and O–H groups in total. The van der Waals surface area contributed by atoms with Gasteiger partial charge in [-0.3, -0.25) is 4.79 Å². The number of amides is 1. The van der Waals surface area contributed by atoms with Crippen LogP contribution in [0.2, 0.25) is 0 Å². The van der Waals surface area contributed by atoms with E-state index in [4.69, 9.17) is 0 Å². The Kier molecular flexibility index (Phi) is 3.30. The molecule has 1 amide bonds. The molecule has 0 saturated carbocycles. The molecule has 0 aliphatic heterocycles. The second-order valence-corrected chi connectivity index (χ2v) is 3.02. The predicted octanol–water partition coefficient (Wildman–Crippen LogP) is 1.72. The molecular weight excluding hydrogens is 162 g/mol. The second kappa shape index (κ2) is 4.48. The van der Waals surface area contributed by atoms with Gasteiger partial charge >= 0.3 is 0 Å². The predicted molar refractivity (Wildman–Crippen MR) is 53.2 cm³/mol. The first kappa shape index (κ1) is 9.56. The molecule has 0 aromatic heterocycles. The quantitative estimate of drug-likeness (QED) is 0.636. The van der Waals surface area contributed by atoms with Gasteiger partial charge in [-0.05, 0) is 30.2 Å². The van der Waals surface area contributed by atoms with Crippen molar-refractivity contribution in [2.45, 2.75) is 13.8 Å². The molecule has 0 radical (unpaired) electrons. The van der Waals surface area contributed by atoms with E-state index in [-0.39, 0.29) is 5.91 Å². The van der Waals surface area contributed by atoms with E-state index in [2.05, 4.69) is 11.0 Å². The summed E-state index contributed by atoms with van der Waals surface area (Å²) in [5.74, 6) is -0.0109. The summed E-state index contributed by atoms with van der Waals surface area (Å²) in [6.45, 7) is 4.09. The van der Waals surface area contributed by atoms with Gasteiger partial charge in [0.25, 0.3) is 0 Å². The maximum absolute atomic E-state index is 10.6. The summed E-state index contributed by atoms with van der Waals surface area (Å²) in [7, 11) is 0. The summed E-state index contributed by atoms with van der Waals surface area (Å²) in [5, 5.41) is 2.74. The third kappa shape index (κ3) is 3.59. The van der Waals surface area contributed by atoms with Crippen LogP contribution in [0, 0.1) is 0 Å². The van der Waals surface area contributed by atoms with Crippen LogP contribution < -0.4 is 5.32 Å². The Morgan fingerprint density at radius 3 is 2.92 bits per heavy atom. The molecule has 0 aromatic carbocycles. The molecule has 0 heterocycles. The monoisotopic (exact) mass is 175 g/mol. The van der Waals surface area contributed by atoms with Crippen LogP contribution in [-0.2, 0) is 4.79 Å². The molecule has 2 nitrogen and oxygen atoms in total.